The zero-order valence-electron chi connectivity index (χ0n) is 14.1. The zero-order chi connectivity index (χ0) is 15.7. The van der Waals surface area contributed by atoms with Gasteiger partial charge in [0.05, 0.1) is 6.10 Å². The van der Waals surface area contributed by atoms with E-state index in [0.29, 0.717) is 0 Å². The van der Waals surface area contributed by atoms with Gasteiger partial charge in [-0.1, -0.05) is 40.5 Å². The molecular formula is C17H32N2O2. The number of carbonyl (C=O) groups is 1. The Morgan fingerprint density at radius 2 is 2.10 bits per heavy atom. The molecule has 0 bridgehead atoms. The third kappa shape index (κ3) is 2.85. The molecule has 1 heterocycles. The summed E-state index contributed by atoms with van der Waals surface area (Å²) < 4.78 is 5.85. The molecule has 0 spiro atoms. The van der Waals surface area contributed by atoms with Crippen molar-refractivity contribution in [2.75, 3.05) is 13.2 Å². The van der Waals surface area contributed by atoms with E-state index in [-0.39, 0.29) is 23.3 Å². The first kappa shape index (κ1) is 16.8. The SMILES string of the molecule is CC(C)CCCCNC(=O)C1(N)C2CCCOC2C1(C)C. The lowest BCUT2D eigenvalue weighted by Crippen LogP contribution is -2.82. The summed E-state index contributed by atoms with van der Waals surface area (Å²) in [6, 6.07) is 0. The molecule has 4 heteroatoms. The van der Waals surface area contributed by atoms with Crippen LogP contribution in [0.2, 0.25) is 0 Å². The normalized spacial score (nSPS) is 34.2. The Morgan fingerprint density at radius 3 is 2.76 bits per heavy atom. The van der Waals surface area contributed by atoms with Crippen molar-refractivity contribution in [3.05, 3.63) is 0 Å². The van der Waals surface area contributed by atoms with Crippen LogP contribution in [0.1, 0.15) is 59.8 Å². The van der Waals surface area contributed by atoms with E-state index in [1.54, 1.807) is 0 Å². The topological polar surface area (TPSA) is 64.4 Å². The summed E-state index contributed by atoms with van der Waals surface area (Å²) in [5.41, 5.74) is 5.50. The van der Waals surface area contributed by atoms with Gasteiger partial charge in [-0.15, -0.1) is 0 Å². The predicted octanol–water partition coefficient (Wildman–Crippen LogP) is 2.46. The number of fused-ring (bicyclic) bond motifs is 1. The van der Waals surface area contributed by atoms with E-state index in [9.17, 15) is 4.79 Å². The Kier molecular flexibility index (Phi) is 4.99. The first-order valence-corrected chi connectivity index (χ1v) is 8.50. The van der Waals surface area contributed by atoms with Crippen molar-refractivity contribution in [3.63, 3.8) is 0 Å². The molecule has 0 aromatic carbocycles. The molecule has 0 aromatic heterocycles. The maximum Gasteiger partial charge on any atom is 0.241 e. The van der Waals surface area contributed by atoms with E-state index in [4.69, 9.17) is 10.5 Å². The number of unbranched alkanes of at least 4 members (excludes halogenated alkanes) is 1. The van der Waals surface area contributed by atoms with Gasteiger partial charge in [0, 0.05) is 24.5 Å². The van der Waals surface area contributed by atoms with Gasteiger partial charge in [-0.25, -0.2) is 0 Å². The number of nitrogens with one attached hydrogen (secondary N) is 1. The van der Waals surface area contributed by atoms with Crippen LogP contribution in [0.25, 0.3) is 0 Å². The predicted molar refractivity (Wildman–Crippen MR) is 84.9 cm³/mol. The Balaban J connectivity index is 1.86. The lowest BCUT2D eigenvalue weighted by atomic mass is 9.46. The lowest BCUT2D eigenvalue weighted by molar-refractivity contribution is -0.225. The van der Waals surface area contributed by atoms with E-state index in [2.05, 4.69) is 33.0 Å². The van der Waals surface area contributed by atoms with Gasteiger partial charge in [0.1, 0.15) is 5.54 Å². The molecule has 0 radical (unpaired) electrons. The molecule has 4 nitrogen and oxygen atoms in total. The highest BCUT2D eigenvalue weighted by Crippen LogP contribution is 2.57. The fraction of sp³-hybridized carbons (Fsp3) is 0.941. The molecule has 2 rings (SSSR count). The Morgan fingerprint density at radius 1 is 1.38 bits per heavy atom. The Hall–Kier alpha value is -0.610. The van der Waals surface area contributed by atoms with Crippen LogP contribution in [-0.2, 0) is 9.53 Å². The molecule has 1 saturated heterocycles. The van der Waals surface area contributed by atoms with Gasteiger partial charge < -0.3 is 15.8 Å². The molecule has 1 aliphatic carbocycles. The van der Waals surface area contributed by atoms with Crippen molar-refractivity contribution < 1.29 is 9.53 Å². The van der Waals surface area contributed by atoms with E-state index in [1.165, 1.54) is 6.42 Å². The van der Waals surface area contributed by atoms with Crippen molar-refractivity contribution in [2.45, 2.75) is 71.4 Å². The summed E-state index contributed by atoms with van der Waals surface area (Å²) in [7, 11) is 0. The van der Waals surface area contributed by atoms with Crippen molar-refractivity contribution in [3.8, 4) is 0 Å². The summed E-state index contributed by atoms with van der Waals surface area (Å²) in [5.74, 6) is 0.924. The van der Waals surface area contributed by atoms with E-state index < -0.39 is 5.54 Å². The maximum atomic E-state index is 12.6. The standard InChI is InChI=1S/C17H32N2O2/c1-12(2)8-5-6-10-19-15(20)17(18)13-9-7-11-21-14(13)16(17,3)4/h12-14H,5-11,18H2,1-4H3,(H,19,20). The summed E-state index contributed by atoms with van der Waals surface area (Å²) in [5, 5.41) is 3.07. The van der Waals surface area contributed by atoms with Crippen LogP contribution in [0, 0.1) is 17.3 Å². The summed E-state index contributed by atoms with van der Waals surface area (Å²) in [6.07, 6.45) is 5.57. The first-order valence-electron chi connectivity index (χ1n) is 8.50. The van der Waals surface area contributed by atoms with Crippen LogP contribution in [0.15, 0.2) is 0 Å². The number of rotatable bonds is 6. The van der Waals surface area contributed by atoms with Gasteiger partial charge in [0.15, 0.2) is 0 Å². The number of hydrogen-bond acceptors (Lipinski definition) is 3. The fourth-order valence-electron chi connectivity index (χ4n) is 4.06. The van der Waals surface area contributed by atoms with Crippen molar-refractivity contribution >= 4 is 5.91 Å². The number of hydrogen-bond donors (Lipinski definition) is 2. The average molecular weight is 296 g/mol. The lowest BCUT2D eigenvalue weighted by Gasteiger charge is -2.65. The van der Waals surface area contributed by atoms with Gasteiger partial charge in [0.25, 0.3) is 0 Å². The van der Waals surface area contributed by atoms with Crippen LogP contribution in [0.4, 0.5) is 0 Å². The maximum absolute atomic E-state index is 12.6. The third-order valence-electron chi connectivity index (χ3n) is 5.55. The van der Waals surface area contributed by atoms with E-state index in [0.717, 1.165) is 44.8 Å². The minimum absolute atomic E-state index is 0.0174. The molecule has 122 valence electrons. The second kappa shape index (κ2) is 6.25. The number of nitrogens with two attached hydrogens (primary N) is 1. The molecule has 3 unspecified atom stereocenters. The van der Waals surface area contributed by atoms with Crippen LogP contribution >= 0.6 is 0 Å². The van der Waals surface area contributed by atoms with Crippen LogP contribution in [-0.4, -0.2) is 30.7 Å². The highest BCUT2D eigenvalue weighted by molar-refractivity contribution is 5.89. The van der Waals surface area contributed by atoms with E-state index >= 15 is 0 Å². The summed E-state index contributed by atoms with van der Waals surface area (Å²) >= 11 is 0. The molecule has 1 amide bonds. The average Bonchev–Trinajstić information content (AvgIpc) is 2.45. The van der Waals surface area contributed by atoms with Gasteiger partial charge >= 0.3 is 0 Å². The van der Waals surface area contributed by atoms with Crippen molar-refractivity contribution in [1.82, 2.24) is 5.32 Å². The number of ether oxygens (including phenoxy) is 1. The molecule has 1 saturated carbocycles. The molecule has 2 aliphatic rings. The van der Waals surface area contributed by atoms with Crippen LogP contribution in [0.5, 0.6) is 0 Å². The van der Waals surface area contributed by atoms with E-state index in [1.807, 2.05) is 0 Å². The smallest absolute Gasteiger partial charge is 0.241 e. The quantitative estimate of drug-likeness (QED) is 0.740. The largest absolute Gasteiger partial charge is 0.377 e. The van der Waals surface area contributed by atoms with Crippen molar-refractivity contribution in [2.24, 2.45) is 23.0 Å². The molecule has 2 fully saturated rings. The monoisotopic (exact) mass is 296 g/mol. The highest BCUT2D eigenvalue weighted by atomic mass is 16.5. The molecule has 21 heavy (non-hydrogen) atoms. The Bertz CT molecular complexity index is 381. The van der Waals surface area contributed by atoms with Gasteiger partial charge in [0.2, 0.25) is 5.91 Å². The molecule has 1 aliphatic heterocycles. The van der Waals surface area contributed by atoms with Gasteiger partial charge in [-0.05, 0) is 25.2 Å². The second-order valence-electron chi connectivity index (χ2n) is 7.78. The Labute approximate surface area is 129 Å². The van der Waals surface area contributed by atoms with Crippen LogP contribution in [0.3, 0.4) is 0 Å². The van der Waals surface area contributed by atoms with Crippen LogP contribution < -0.4 is 11.1 Å². The second-order valence-corrected chi connectivity index (χ2v) is 7.78. The molecular weight excluding hydrogens is 264 g/mol. The summed E-state index contributed by atoms with van der Waals surface area (Å²) in [6.45, 7) is 10.1. The van der Waals surface area contributed by atoms with Gasteiger partial charge in [-0.2, -0.15) is 0 Å². The zero-order valence-corrected chi connectivity index (χ0v) is 14.1. The third-order valence-corrected chi connectivity index (χ3v) is 5.55. The molecule has 3 N–H and O–H groups in total. The highest BCUT2D eigenvalue weighted by Gasteiger charge is 2.70. The van der Waals surface area contributed by atoms with Crippen molar-refractivity contribution in [1.29, 1.82) is 0 Å². The molecule has 3 atom stereocenters. The number of carbonyl (C=O) groups excluding carboxylic acids is 1. The minimum Gasteiger partial charge on any atom is -0.377 e. The minimum atomic E-state index is -0.768. The summed E-state index contributed by atoms with van der Waals surface area (Å²) in [4.78, 5) is 12.6. The van der Waals surface area contributed by atoms with Gasteiger partial charge in [-0.3, -0.25) is 4.79 Å². The fourth-order valence-corrected chi connectivity index (χ4v) is 4.06. The first-order chi connectivity index (χ1) is 9.81. The molecule has 0 aromatic rings. The number of amides is 1.